The monoisotopic (exact) mass is 325 g/mol. The van der Waals surface area contributed by atoms with E-state index in [2.05, 4.69) is 24.2 Å². The summed E-state index contributed by atoms with van der Waals surface area (Å²) in [5, 5.41) is 3.05. The summed E-state index contributed by atoms with van der Waals surface area (Å²) in [6.07, 6.45) is 7.67. The molecule has 0 aromatic heterocycles. The average Bonchev–Trinajstić information content (AvgIpc) is 3.19. The molecule has 0 aliphatic heterocycles. The number of halogens is 2. The largest absolute Gasteiger partial charge is 0.353 e. The van der Waals surface area contributed by atoms with Gasteiger partial charge in [0, 0.05) is 18.6 Å². The lowest BCUT2D eigenvalue weighted by atomic mass is 9.82. The van der Waals surface area contributed by atoms with Gasteiger partial charge in [-0.15, -0.1) is 24.8 Å². The van der Waals surface area contributed by atoms with E-state index in [1.807, 2.05) is 0 Å². The SMILES string of the molecule is CC(CNC(=O)C1(N)CCCCC1)N(C)C1CC1.Cl.Cl. The minimum absolute atomic E-state index is 0. The Morgan fingerprint density at radius 3 is 2.35 bits per heavy atom. The summed E-state index contributed by atoms with van der Waals surface area (Å²) in [4.78, 5) is 14.5. The number of hydrogen-bond acceptors (Lipinski definition) is 3. The maximum atomic E-state index is 12.2. The number of nitrogens with one attached hydrogen (secondary N) is 1. The number of likely N-dealkylation sites (N-methyl/N-ethyl adjacent to an activating group) is 1. The number of nitrogens with two attached hydrogens (primary N) is 1. The van der Waals surface area contributed by atoms with Crippen LogP contribution in [0.2, 0.25) is 0 Å². The highest BCUT2D eigenvalue weighted by Crippen LogP contribution is 2.27. The first kappa shape index (κ1) is 20.0. The van der Waals surface area contributed by atoms with Gasteiger partial charge in [0.15, 0.2) is 0 Å². The van der Waals surface area contributed by atoms with Gasteiger partial charge in [0.25, 0.3) is 0 Å². The topological polar surface area (TPSA) is 58.4 Å². The first-order valence-electron chi connectivity index (χ1n) is 7.32. The van der Waals surface area contributed by atoms with Crippen LogP contribution in [0.5, 0.6) is 0 Å². The summed E-state index contributed by atoms with van der Waals surface area (Å²) in [7, 11) is 2.15. The molecule has 0 heterocycles. The quantitative estimate of drug-likeness (QED) is 0.813. The first-order chi connectivity index (χ1) is 8.53. The maximum absolute atomic E-state index is 12.2. The molecule has 2 fully saturated rings. The predicted molar refractivity (Wildman–Crippen MR) is 87.8 cm³/mol. The molecule has 0 aromatic carbocycles. The zero-order valence-electron chi connectivity index (χ0n) is 12.6. The zero-order chi connectivity index (χ0) is 13.2. The van der Waals surface area contributed by atoms with E-state index in [-0.39, 0.29) is 30.7 Å². The molecule has 2 rings (SSSR count). The van der Waals surface area contributed by atoms with Crippen molar-refractivity contribution in [3.05, 3.63) is 0 Å². The van der Waals surface area contributed by atoms with Crippen molar-refractivity contribution in [2.45, 2.75) is 69.5 Å². The molecule has 2 aliphatic rings. The van der Waals surface area contributed by atoms with E-state index in [9.17, 15) is 4.79 Å². The minimum atomic E-state index is -0.601. The van der Waals surface area contributed by atoms with Crippen LogP contribution >= 0.6 is 24.8 Å². The Bertz CT molecular complexity index is 305. The van der Waals surface area contributed by atoms with Crippen LogP contribution in [0.1, 0.15) is 51.9 Å². The van der Waals surface area contributed by atoms with E-state index in [4.69, 9.17) is 5.73 Å². The number of nitrogens with zero attached hydrogens (tertiary/aromatic N) is 1. The molecule has 0 spiro atoms. The van der Waals surface area contributed by atoms with Gasteiger partial charge in [0.2, 0.25) is 5.91 Å². The van der Waals surface area contributed by atoms with Crippen molar-refractivity contribution in [3.63, 3.8) is 0 Å². The highest BCUT2D eigenvalue weighted by molar-refractivity contribution is 5.86. The van der Waals surface area contributed by atoms with E-state index in [0.717, 1.165) is 31.7 Å². The molecular weight excluding hydrogens is 297 g/mol. The van der Waals surface area contributed by atoms with Crippen LogP contribution in [0.4, 0.5) is 0 Å². The van der Waals surface area contributed by atoms with E-state index < -0.39 is 5.54 Å². The standard InChI is InChI=1S/C14H27N3O.2ClH/c1-11(17(2)12-6-7-12)10-16-13(18)14(15)8-4-3-5-9-14;;/h11-12H,3-10,15H2,1-2H3,(H,16,18);2*1H. The Morgan fingerprint density at radius 2 is 1.85 bits per heavy atom. The van der Waals surface area contributed by atoms with E-state index in [1.54, 1.807) is 0 Å². The van der Waals surface area contributed by atoms with Crippen LogP contribution in [0.3, 0.4) is 0 Å². The lowest BCUT2D eigenvalue weighted by Crippen LogP contribution is -2.56. The third kappa shape index (κ3) is 5.06. The minimum Gasteiger partial charge on any atom is -0.353 e. The van der Waals surface area contributed by atoms with Gasteiger partial charge < -0.3 is 11.1 Å². The molecule has 2 saturated carbocycles. The summed E-state index contributed by atoms with van der Waals surface area (Å²) < 4.78 is 0. The lowest BCUT2D eigenvalue weighted by Gasteiger charge is -2.33. The number of amides is 1. The van der Waals surface area contributed by atoms with Crippen LogP contribution in [-0.2, 0) is 4.79 Å². The fourth-order valence-electron chi connectivity index (χ4n) is 2.81. The van der Waals surface area contributed by atoms with Gasteiger partial charge in [0.05, 0.1) is 5.54 Å². The van der Waals surface area contributed by atoms with Crippen LogP contribution in [0.15, 0.2) is 0 Å². The second-order valence-electron chi connectivity index (χ2n) is 6.17. The number of rotatable bonds is 5. The van der Waals surface area contributed by atoms with Crippen LogP contribution < -0.4 is 11.1 Å². The molecule has 0 radical (unpaired) electrons. The molecular formula is C14H29Cl2N3O. The van der Waals surface area contributed by atoms with Gasteiger partial charge in [-0.3, -0.25) is 9.69 Å². The van der Waals surface area contributed by atoms with Crippen LogP contribution in [-0.4, -0.2) is 42.0 Å². The zero-order valence-corrected chi connectivity index (χ0v) is 14.2. The average molecular weight is 326 g/mol. The van der Waals surface area contributed by atoms with Gasteiger partial charge in [-0.2, -0.15) is 0 Å². The molecule has 20 heavy (non-hydrogen) atoms. The third-order valence-electron chi connectivity index (χ3n) is 4.57. The van der Waals surface area contributed by atoms with Crippen LogP contribution in [0.25, 0.3) is 0 Å². The van der Waals surface area contributed by atoms with Gasteiger partial charge in [-0.25, -0.2) is 0 Å². The third-order valence-corrected chi connectivity index (χ3v) is 4.57. The van der Waals surface area contributed by atoms with Crippen molar-refractivity contribution in [1.82, 2.24) is 10.2 Å². The van der Waals surface area contributed by atoms with Crippen LogP contribution in [0, 0.1) is 0 Å². The van der Waals surface area contributed by atoms with Crippen molar-refractivity contribution < 1.29 is 4.79 Å². The molecule has 0 aromatic rings. The first-order valence-corrected chi connectivity index (χ1v) is 7.32. The second kappa shape index (κ2) is 8.42. The van der Waals surface area contributed by atoms with Gasteiger partial charge in [0.1, 0.15) is 0 Å². The van der Waals surface area contributed by atoms with Crippen molar-refractivity contribution in [3.8, 4) is 0 Å². The summed E-state index contributed by atoms with van der Waals surface area (Å²) in [6, 6.07) is 1.13. The Labute approximate surface area is 135 Å². The maximum Gasteiger partial charge on any atom is 0.240 e. The number of carbonyl (C=O) groups excluding carboxylic acids is 1. The molecule has 1 atom stereocenters. The molecule has 6 heteroatoms. The Kier molecular flexibility index (Phi) is 8.41. The highest BCUT2D eigenvalue weighted by Gasteiger charge is 2.35. The van der Waals surface area contributed by atoms with E-state index in [1.165, 1.54) is 19.3 Å². The predicted octanol–water partition coefficient (Wildman–Crippen LogP) is 2.09. The Balaban J connectivity index is 0.00000180. The lowest BCUT2D eigenvalue weighted by molar-refractivity contribution is -0.127. The molecule has 0 saturated heterocycles. The summed E-state index contributed by atoms with van der Waals surface area (Å²) in [6.45, 7) is 2.88. The molecule has 1 unspecified atom stereocenters. The van der Waals surface area contributed by atoms with Crippen molar-refractivity contribution >= 4 is 30.7 Å². The summed E-state index contributed by atoms with van der Waals surface area (Å²) in [5.74, 6) is 0.0539. The molecule has 2 aliphatic carbocycles. The van der Waals surface area contributed by atoms with Crippen molar-refractivity contribution in [2.24, 2.45) is 5.73 Å². The fourth-order valence-corrected chi connectivity index (χ4v) is 2.81. The Morgan fingerprint density at radius 1 is 1.30 bits per heavy atom. The fraction of sp³-hybridized carbons (Fsp3) is 0.929. The number of carbonyl (C=O) groups is 1. The smallest absolute Gasteiger partial charge is 0.240 e. The molecule has 1 amide bonds. The van der Waals surface area contributed by atoms with E-state index in [0.29, 0.717) is 12.6 Å². The van der Waals surface area contributed by atoms with Gasteiger partial charge in [-0.05, 0) is 39.7 Å². The molecule has 120 valence electrons. The summed E-state index contributed by atoms with van der Waals surface area (Å²) in [5.41, 5.74) is 5.61. The molecule has 3 N–H and O–H groups in total. The normalized spacial score (nSPS) is 22.4. The molecule has 4 nitrogen and oxygen atoms in total. The van der Waals surface area contributed by atoms with Crippen molar-refractivity contribution in [2.75, 3.05) is 13.6 Å². The highest BCUT2D eigenvalue weighted by atomic mass is 35.5. The second-order valence-corrected chi connectivity index (χ2v) is 6.17. The Hall–Kier alpha value is -0.0300. The van der Waals surface area contributed by atoms with E-state index >= 15 is 0 Å². The van der Waals surface area contributed by atoms with Crippen molar-refractivity contribution in [1.29, 1.82) is 0 Å². The number of hydrogen-bond donors (Lipinski definition) is 2. The molecule has 0 bridgehead atoms. The summed E-state index contributed by atoms with van der Waals surface area (Å²) >= 11 is 0. The van der Waals surface area contributed by atoms with Gasteiger partial charge in [-0.1, -0.05) is 19.3 Å². The van der Waals surface area contributed by atoms with Gasteiger partial charge >= 0.3 is 0 Å².